The van der Waals surface area contributed by atoms with Gasteiger partial charge in [0.1, 0.15) is 0 Å². The molecule has 0 aromatic heterocycles. The van der Waals surface area contributed by atoms with Crippen LogP contribution in [0.2, 0.25) is 0 Å². The summed E-state index contributed by atoms with van der Waals surface area (Å²) in [6, 6.07) is 0.335. The van der Waals surface area contributed by atoms with Crippen molar-refractivity contribution in [2.75, 3.05) is 13.1 Å². The third kappa shape index (κ3) is 4.29. The Kier molecular flexibility index (Phi) is 6.14. The van der Waals surface area contributed by atoms with Gasteiger partial charge in [-0.05, 0) is 31.6 Å². The van der Waals surface area contributed by atoms with Crippen LogP contribution in [0.15, 0.2) is 0 Å². The Hall–Kier alpha value is -1.10. The van der Waals surface area contributed by atoms with Gasteiger partial charge < -0.3 is 15.3 Å². The van der Waals surface area contributed by atoms with Crippen molar-refractivity contribution in [1.29, 1.82) is 0 Å². The molecule has 0 radical (unpaired) electrons. The number of rotatable bonds is 5. The molecule has 2 unspecified atom stereocenters. The maximum Gasteiger partial charge on any atom is 0.225 e. The van der Waals surface area contributed by atoms with Crippen LogP contribution in [0.4, 0.5) is 0 Å². The maximum absolute atomic E-state index is 12.4. The summed E-state index contributed by atoms with van der Waals surface area (Å²) in [7, 11) is 0. The van der Waals surface area contributed by atoms with Gasteiger partial charge in [-0.1, -0.05) is 38.5 Å². The highest BCUT2D eigenvalue weighted by Crippen LogP contribution is 2.29. The molecule has 2 aliphatic carbocycles. The topological polar surface area (TPSA) is 69.6 Å². The molecule has 2 amide bonds. The second-order valence-corrected chi connectivity index (χ2v) is 7.95. The first kappa shape index (κ1) is 17.7. The Bertz CT molecular complexity index is 440. The Balaban J connectivity index is 1.46. The van der Waals surface area contributed by atoms with Gasteiger partial charge in [0.15, 0.2) is 0 Å². The van der Waals surface area contributed by atoms with Gasteiger partial charge in [-0.3, -0.25) is 9.59 Å². The second-order valence-electron chi connectivity index (χ2n) is 7.95. The molecule has 3 rings (SSSR count). The van der Waals surface area contributed by atoms with Gasteiger partial charge in [-0.15, -0.1) is 0 Å². The summed E-state index contributed by atoms with van der Waals surface area (Å²) in [6.07, 6.45) is 11.5. The molecule has 1 saturated heterocycles. The molecule has 2 N–H and O–H groups in total. The minimum Gasteiger partial charge on any atom is -0.391 e. The molecule has 136 valence electrons. The number of carbonyl (C=O) groups is 2. The molecule has 0 aromatic rings. The lowest BCUT2D eigenvalue weighted by Gasteiger charge is -2.27. The molecule has 0 bridgehead atoms. The molecule has 1 aliphatic heterocycles. The van der Waals surface area contributed by atoms with Crippen LogP contribution in [0.1, 0.15) is 70.6 Å². The van der Waals surface area contributed by atoms with Crippen LogP contribution >= 0.6 is 0 Å². The fourth-order valence-corrected chi connectivity index (χ4v) is 4.69. The Morgan fingerprint density at radius 2 is 1.71 bits per heavy atom. The maximum atomic E-state index is 12.4. The van der Waals surface area contributed by atoms with E-state index in [9.17, 15) is 14.7 Å². The first-order valence-electron chi connectivity index (χ1n) is 9.90. The van der Waals surface area contributed by atoms with Crippen LogP contribution in [0.25, 0.3) is 0 Å². The summed E-state index contributed by atoms with van der Waals surface area (Å²) in [5, 5.41) is 13.1. The van der Waals surface area contributed by atoms with Gasteiger partial charge in [0.25, 0.3) is 0 Å². The van der Waals surface area contributed by atoms with Gasteiger partial charge in [0, 0.05) is 25.6 Å². The zero-order chi connectivity index (χ0) is 16.9. The molecule has 3 fully saturated rings. The third-order valence-electron chi connectivity index (χ3n) is 6.22. The van der Waals surface area contributed by atoms with E-state index >= 15 is 0 Å². The molecular formula is C19H32N2O3. The summed E-state index contributed by atoms with van der Waals surface area (Å²) in [5.41, 5.74) is 0. The van der Waals surface area contributed by atoms with Gasteiger partial charge >= 0.3 is 0 Å². The molecule has 2 saturated carbocycles. The SMILES string of the molecule is O=C(NCC(O)C1CCCC1)C1CC(=O)N(C2CCCCCC2)C1. The van der Waals surface area contributed by atoms with Crippen molar-refractivity contribution in [3.05, 3.63) is 0 Å². The van der Waals surface area contributed by atoms with E-state index in [2.05, 4.69) is 5.32 Å². The zero-order valence-electron chi connectivity index (χ0n) is 14.7. The van der Waals surface area contributed by atoms with Crippen LogP contribution in [0, 0.1) is 11.8 Å². The fraction of sp³-hybridized carbons (Fsp3) is 0.895. The van der Waals surface area contributed by atoms with Crippen molar-refractivity contribution in [3.8, 4) is 0 Å². The molecule has 3 aliphatic rings. The molecule has 5 nitrogen and oxygen atoms in total. The molecule has 5 heteroatoms. The van der Waals surface area contributed by atoms with E-state index < -0.39 is 6.10 Å². The normalized spacial score (nSPS) is 28.1. The number of hydrogen-bond acceptors (Lipinski definition) is 3. The molecule has 2 atom stereocenters. The molecule has 0 aromatic carbocycles. The summed E-state index contributed by atoms with van der Waals surface area (Å²) in [5.74, 6) is 0.171. The highest BCUT2D eigenvalue weighted by molar-refractivity contribution is 5.89. The number of nitrogens with zero attached hydrogens (tertiary/aromatic N) is 1. The van der Waals surface area contributed by atoms with E-state index in [1.54, 1.807) is 0 Å². The van der Waals surface area contributed by atoms with E-state index in [0.29, 0.717) is 31.5 Å². The highest BCUT2D eigenvalue weighted by atomic mass is 16.3. The minimum absolute atomic E-state index is 0.0588. The zero-order valence-corrected chi connectivity index (χ0v) is 14.7. The van der Waals surface area contributed by atoms with Crippen molar-refractivity contribution in [2.45, 2.75) is 82.8 Å². The van der Waals surface area contributed by atoms with Crippen LogP contribution < -0.4 is 5.32 Å². The molecule has 24 heavy (non-hydrogen) atoms. The standard InChI is InChI=1S/C19H32N2O3/c22-17(14-7-5-6-8-14)12-20-19(24)15-11-18(23)21(13-15)16-9-3-1-2-4-10-16/h14-17,22H,1-13H2,(H,20,24). The van der Waals surface area contributed by atoms with Gasteiger partial charge in [-0.25, -0.2) is 0 Å². The van der Waals surface area contributed by atoms with Crippen molar-refractivity contribution in [2.24, 2.45) is 11.8 Å². The first-order chi connectivity index (χ1) is 11.6. The number of aliphatic hydroxyl groups excluding tert-OH is 1. The van der Waals surface area contributed by atoms with E-state index in [1.165, 1.54) is 38.5 Å². The number of hydrogen-bond donors (Lipinski definition) is 2. The van der Waals surface area contributed by atoms with Crippen LogP contribution in [0.5, 0.6) is 0 Å². The lowest BCUT2D eigenvalue weighted by atomic mass is 10.0. The van der Waals surface area contributed by atoms with Gasteiger partial charge in [0.2, 0.25) is 11.8 Å². The van der Waals surface area contributed by atoms with Crippen LogP contribution in [0.3, 0.4) is 0 Å². The predicted molar refractivity (Wildman–Crippen MR) is 92.3 cm³/mol. The van der Waals surface area contributed by atoms with Gasteiger partial charge in [0.05, 0.1) is 12.0 Å². The Labute approximate surface area is 145 Å². The minimum atomic E-state index is -0.438. The quantitative estimate of drug-likeness (QED) is 0.757. The second kappa shape index (κ2) is 8.32. The lowest BCUT2D eigenvalue weighted by molar-refractivity contribution is -0.130. The van der Waals surface area contributed by atoms with Crippen molar-refractivity contribution in [1.82, 2.24) is 10.2 Å². The highest BCUT2D eigenvalue weighted by Gasteiger charge is 2.38. The van der Waals surface area contributed by atoms with Crippen molar-refractivity contribution < 1.29 is 14.7 Å². The lowest BCUT2D eigenvalue weighted by Crippen LogP contribution is -2.40. The predicted octanol–water partition coefficient (Wildman–Crippen LogP) is 2.22. The number of amides is 2. The average molecular weight is 336 g/mol. The number of carbonyl (C=O) groups excluding carboxylic acids is 2. The molecular weight excluding hydrogens is 304 g/mol. The molecule has 0 spiro atoms. The largest absolute Gasteiger partial charge is 0.391 e. The summed E-state index contributed by atoms with van der Waals surface area (Å²) < 4.78 is 0. The monoisotopic (exact) mass is 336 g/mol. The fourth-order valence-electron chi connectivity index (χ4n) is 4.69. The smallest absolute Gasteiger partial charge is 0.225 e. The van der Waals surface area contributed by atoms with Crippen molar-refractivity contribution in [3.63, 3.8) is 0 Å². The van der Waals surface area contributed by atoms with Crippen LogP contribution in [-0.4, -0.2) is 47.1 Å². The Morgan fingerprint density at radius 3 is 2.38 bits per heavy atom. The van der Waals surface area contributed by atoms with E-state index in [1.807, 2.05) is 4.90 Å². The average Bonchev–Trinajstić information content (AvgIpc) is 3.16. The Morgan fingerprint density at radius 1 is 1.08 bits per heavy atom. The van der Waals surface area contributed by atoms with E-state index in [4.69, 9.17) is 0 Å². The summed E-state index contributed by atoms with van der Waals surface area (Å²) in [4.78, 5) is 26.7. The number of likely N-dealkylation sites (tertiary alicyclic amines) is 1. The van der Waals surface area contributed by atoms with Crippen LogP contribution in [-0.2, 0) is 9.59 Å². The third-order valence-corrected chi connectivity index (χ3v) is 6.22. The summed E-state index contributed by atoms with van der Waals surface area (Å²) in [6.45, 7) is 0.895. The first-order valence-corrected chi connectivity index (χ1v) is 9.90. The number of nitrogens with one attached hydrogen (secondary N) is 1. The van der Waals surface area contributed by atoms with Gasteiger partial charge in [-0.2, -0.15) is 0 Å². The van der Waals surface area contributed by atoms with E-state index in [0.717, 1.165) is 25.7 Å². The van der Waals surface area contributed by atoms with E-state index in [-0.39, 0.29) is 17.7 Å². The number of aliphatic hydroxyl groups is 1. The molecule has 1 heterocycles. The summed E-state index contributed by atoms with van der Waals surface area (Å²) >= 11 is 0. The van der Waals surface area contributed by atoms with Crippen molar-refractivity contribution >= 4 is 11.8 Å².